The van der Waals surface area contributed by atoms with E-state index in [0.717, 1.165) is 82.7 Å². The summed E-state index contributed by atoms with van der Waals surface area (Å²) in [7, 11) is 3.25. The third-order valence-electron chi connectivity index (χ3n) is 14.7. The lowest BCUT2D eigenvalue weighted by atomic mass is 9.84. The molecular weight excluding hydrogens is 951 g/mol. The van der Waals surface area contributed by atoms with Gasteiger partial charge in [0.15, 0.2) is 11.5 Å². The van der Waals surface area contributed by atoms with Gasteiger partial charge in [0.1, 0.15) is 24.1 Å². The Bertz CT molecular complexity index is 2020. The van der Waals surface area contributed by atoms with Crippen LogP contribution in [0, 0.1) is 11.8 Å². The van der Waals surface area contributed by atoms with Crippen LogP contribution in [0.5, 0.6) is 16.7 Å². The third kappa shape index (κ3) is 19.1. The van der Waals surface area contributed by atoms with Crippen LogP contribution in [0.1, 0.15) is 148 Å². The van der Waals surface area contributed by atoms with E-state index in [4.69, 9.17) is 29.4 Å². The number of esters is 2. The van der Waals surface area contributed by atoms with Crippen LogP contribution in [0.2, 0.25) is 0 Å². The predicted molar refractivity (Wildman–Crippen MR) is 283 cm³/mol. The van der Waals surface area contributed by atoms with Crippen LogP contribution in [0.15, 0.2) is 42.1 Å². The summed E-state index contributed by atoms with van der Waals surface area (Å²) in [5.41, 5.74) is 7.43. The molecule has 1 aliphatic carbocycles. The largest absolute Gasteiger partial charge is 0.493 e. The van der Waals surface area contributed by atoms with Crippen LogP contribution >= 0.6 is 11.3 Å². The number of unbranched alkanes of at least 4 members (excludes halogenated alkanes) is 5. The van der Waals surface area contributed by atoms with Gasteiger partial charge in [-0.3, -0.25) is 24.1 Å². The number of carbonyl (C=O) groups excluding carboxylic acids is 5. The van der Waals surface area contributed by atoms with Crippen molar-refractivity contribution < 1.29 is 47.7 Å². The van der Waals surface area contributed by atoms with Gasteiger partial charge < -0.3 is 50.3 Å². The maximum Gasteiger partial charge on any atom is 0.335 e. The summed E-state index contributed by atoms with van der Waals surface area (Å²) in [4.78, 5) is 77.6. The fourth-order valence-electron chi connectivity index (χ4n) is 10.6. The number of amides is 3. The van der Waals surface area contributed by atoms with Gasteiger partial charge in [0.2, 0.25) is 17.7 Å². The van der Waals surface area contributed by atoms with Crippen molar-refractivity contribution in [1.82, 2.24) is 30.7 Å². The zero-order valence-corrected chi connectivity index (χ0v) is 45.3. The Balaban J connectivity index is 1.13. The van der Waals surface area contributed by atoms with Crippen molar-refractivity contribution in [3.8, 4) is 16.7 Å². The second kappa shape index (κ2) is 31.8. The zero-order chi connectivity index (χ0) is 52.5. The zero-order valence-electron chi connectivity index (χ0n) is 44.5. The highest BCUT2D eigenvalue weighted by atomic mass is 32.1. The fraction of sp³-hybridized carbons (Fsp3) is 0.709. The van der Waals surface area contributed by atoms with E-state index in [9.17, 15) is 24.0 Å². The monoisotopic (exact) mass is 1040 g/mol. The molecule has 0 bridgehead atoms. The first-order valence-corrected chi connectivity index (χ1v) is 28.2. The Morgan fingerprint density at radius 3 is 2.37 bits per heavy atom. The van der Waals surface area contributed by atoms with Crippen molar-refractivity contribution in [2.24, 2.45) is 17.6 Å². The number of likely N-dealkylation sites (tertiary alicyclic amines) is 2. The predicted octanol–water partition coefficient (Wildman–Crippen LogP) is 7.25. The molecule has 3 amide bonds. The van der Waals surface area contributed by atoms with Crippen molar-refractivity contribution in [3.63, 3.8) is 0 Å². The van der Waals surface area contributed by atoms with Crippen LogP contribution in [0.25, 0.3) is 0 Å². The van der Waals surface area contributed by atoms with Crippen LogP contribution < -0.4 is 35.9 Å². The van der Waals surface area contributed by atoms with Crippen LogP contribution in [0.3, 0.4) is 0 Å². The van der Waals surface area contributed by atoms with E-state index in [2.05, 4.69) is 53.2 Å². The number of nitrogens with two attached hydrogens (primary N) is 1. The number of nitrogens with one attached hydrogen (secondary N) is 3. The van der Waals surface area contributed by atoms with Gasteiger partial charge in [-0.2, -0.15) is 0 Å². The minimum atomic E-state index is -1.02. The molecule has 7 atom stereocenters. The molecule has 5 N–H and O–H groups in total. The maximum absolute atomic E-state index is 14.2. The average molecular weight is 1040 g/mol. The van der Waals surface area contributed by atoms with Crippen LogP contribution in [0.4, 0.5) is 0 Å². The van der Waals surface area contributed by atoms with E-state index in [1.165, 1.54) is 24.0 Å². The molecule has 0 radical (unpaired) electrons. The molecule has 1 aromatic heterocycles. The molecule has 3 aliphatic rings. The highest BCUT2D eigenvalue weighted by molar-refractivity contribution is 7.11. The highest BCUT2D eigenvalue weighted by Gasteiger charge is 2.40. The van der Waals surface area contributed by atoms with Gasteiger partial charge in [0.25, 0.3) is 5.19 Å². The number of hydrogen-bond donors (Lipinski definition) is 4. The second-order valence-corrected chi connectivity index (χ2v) is 21.0. The highest BCUT2D eigenvalue weighted by Crippen LogP contribution is 2.31. The molecule has 2 saturated heterocycles. The average Bonchev–Trinajstić information content (AvgIpc) is 4.20. The number of hydrogen-bond acceptors (Lipinski definition) is 15. The molecule has 408 valence electrons. The lowest BCUT2D eigenvalue weighted by molar-refractivity contribution is -0.157. The van der Waals surface area contributed by atoms with Crippen molar-refractivity contribution in [3.05, 3.63) is 47.6 Å². The summed E-state index contributed by atoms with van der Waals surface area (Å²) in [5, 5.41) is 11.1. The van der Waals surface area contributed by atoms with E-state index < -0.39 is 41.9 Å². The first kappa shape index (κ1) is 59.1. The van der Waals surface area contributed by atoms with E-state index in [1.54, 1.807) is 24.5 Å². The molecule has 73 heavy (non-hydrogen) atoms. The SMILES string of the molecule is C=C(N)CN[C@@H](CC1CCCCC1)C(=O)N1CCC[C@@H]1C(=O)N[C@H](CCCCNC(=O)C(CCCCCCC)C(=O)O[C@@H]1CCN([C@H](CC)[C@@H](C)OCCc2ccc(OC)c(OC)c2)C1)C(=O)Oc1nccs1. The number of ether oxygens (including phenoxy) is 5. The first-order chi connectivity index (χ1) is 35.3. The molecule has 2 aliphatic heterocycles. The first-order valence-electron chi connectivity index (χ1n) is 27.3. The molecule has 1 unspecified atom stereocenters. The van der Waals surface area contributed by atoms with Gasteiger partial charge in [-0.15, -0.1) is 0 Å². The minimum Gasteiger partial charge on any atom is -0.493 e. The fourth-order valence-corrected chi connectivity index (χ4v) is 11.1. The summed E-state index contributed by atoms with van der Waals surface area (Å²) in [6.45, 7) is 13.0. The number of nitrogens with zero attached hydrogens (tertiary/aromatic N) is 3. The molecule has 0 spiro atoms. The normalized spacial score (nSPS) is 19.3. The van der Waals surface area contributed by atoms with Crippen molar-refractivity contribution in [2.75, 3.05) is 53.6 Å². The second-order valence-electron chi connectivity index (χ2n) is 20.2. The molecule has 1 saturated carbocycles. The third-order valence-corrected chi connectivity index (χ3v) is 15.4. The van der Waals surface area contributed by atoms with Gasteiger partial charge in [0.05, 0.1) is 33.0 Å². The van der Waals surface area contributed by atoms with Gasteiger partial charge in [-0.25, -0.2) is 9.78 Å². The maximum atomic E-state index is 14.2. The Morgan fingerprint density at radius 2 is 1.66 bits per heavy atom. The van der Waals surface area contributed by atoms with Gasteiger partial charge in [-0.05, 0) is 94.7 Å². The van der Waals surface area contributed by atoms with Crippen molar-refractivity contribution >= 4 is 41.0 Å². The summed E-state index contributed by atoms with van der Waals surface area (Å²) in [6.07, 6.45) is 17.2. The van der Waals surface area contributed by atoms with Crippen LogP contribution in [-0.4, -0.2) is 134 Å². The number of benzene rings is 1. The van der Waals surface area contributed by atoms with E-state index >= 15 is 0 Å². The summed E-state index contributed by atoms with van der Waals surface area (Å²) >= 11 is 1.17. The van der Waals surface area contributed by atoms with Crippen molar-refractivity contribution in [1.29, 1.82) is 0 Å². The lowest BCUT2D eigenvalue weighted by Crippen LogP contribution is -2.55. The topological polar surface area (TPSA) is 213 Å². The summed E-state index contributed by atoms with van der Waals surface area (Å²) in [5.74, 6) is -1.25. The van der Waals surface area contributed by atoms with Crippen LogP contribution in [-0.2, 0) is 39.9 Å². The number of carbonyl (C=O) groups is 5. The van der Waals surface area contributed by atoms with Crippen molar-refractivity contribution in [2.45, 2.75) is 186 Å². The number of aromatic nitrogens is 1. The quantitative estimate of drug-likeness (QED) is 0.0315. The van der Waals surface area contributed by atoms with E-state index in [0.29, 0.717) is 94.3 Å². The molecule has 17 nitrogen and oxygen atoms in total. The molecule has 3 fully saturated rings. The molecule has 18 heteroatoms. The summed E-state index contributed by atoms with van der Waals surface area (Å²) in [6, 6.07) is 3.75. The number of rotatable bonds is 33. The lowest BCUT2D eigenvalue weighted by Gasteiger charge is -2.32. The molecule has 1 aromatic carbocycles. The van der Waals surface area contributed by atoms with E-state index in [1.807, 2.05) is 18.2 Å². The Morgan fingerprint density at radius 1 is 0.890 bits per heavy atom. The Labute approximate surface area is 438 Å². The molecule has 2 aromatic rings. The molecule has 5 rings (SSSR count). The number of methoxy groups -OCH3 is 2. The van der Waals surface area contributed by atoms with E-state index in [-0.39, 0.29) is 48.2 Å². The number of thiazole rings is 1. The molecule has 3 heterocycles. The smallest absolute Gasteiger partial charge is 0.335 e. The summed E-state index contributed by atoms with van der Waals surface area (Å²) < 4.78 is 28.9. The van der Waals surface area contributed by atoms with Gasteiger partial charge in [0, 0.05) is 56.0 Å². The Hall–Kier alpha value is -4.78. The van der Waals surface area contributed by atoms with Gasteiger partial charge in [-0.1, -0.05) is 102 Å². The molecular formula is C55H87N7O10S. The standard InChI is InChI=1S/C55H87N7O10S/c1-7-9-10-11-15-21-43(53(66)71-42-26-31-61(37-42)46(8-2)39(4)70-32-27-41-24-25-48(68-5)49(35-41)69-6)50(63)57-28-17-16-22-44(54(67)72-55-58-29-33-73-55)60-51(64)47-23-18-30-62(47)52(65)45(59-36-38(3)56)34-40-19-13-12-14-20-40/h24-25,29,33,35,39-40,42-47,59H,3,7-23,26-28,30-32,34,36-37,56H2,1-2,4-6H3,(H,57,63)(H,60,64)/t39-,42-,43?,44-,45+,46-,47-/m1/s1. The van der Waals surface area contributed by atoms with Gasteiger partial charge >= 0.3 is 11.9 Å². The Kier molecular flexibility index (Phi) is 25.8. The minimum absolute atomic E-state index is 0.0513.